The lowest BCUT2D eigenvalue weighted by Gasteiger charge is -2.08. The van der Waals surface area contributed by atoms with Crippen LogP contribution in [-0.2, 0) is 19.1 Å². The number of aromatic carboxylic acids is 2. The molecule has 0 aliphatic carbocycles. The molecule has 0 bridgehead atoms. The van der Waals surface area contributed by atoms with E-state index >= 15 is 0 Å². The molecule has 0 radical (unpaired) electrons. The maximum Gasteiger partial charge on any atom is 0.336 e. The van der Waals surface area contributed by atoms with E-state index in [9.17, 15) is 19.2 Å². The highest BCUT2D eigenvalue weighted by Crippen LogP contribution is 2.08. The summed E-state index contributed by atoms with van der Waals surface area (Å²) in [4.78, 5) is 42.6. The predicted molar refractivity (Wildman–Crippen MR) is 80.7 cm³/mol. The van der Waals surface area contributed by atoms with Gasteiger partial charge in [0.05, 0.1) is 11.1 Å². The van der Waals surface area contributed by atoms with Gasteiger partial charge >= 0.3 is 23.9 Å². The van der Waals surface area contributed by atoms with Crippen molar-refractivity contribution in [3.05, 3.63) is 35.4 Å². The standard InChI is InChI=1S/C8H12O4.C8H6O4/c9-7-3-1-2-4-8(10)12-6-5-11-7;9-7(10)5-3-1-2-4-6(5)8(11)12/h1-6H2;1-4H,(H,9,10)(H,11,12). The molecule has 2 N–H and O–H groups in total. The second kappa shape index (κ2) is 9.98. The van der Waals surface area contributed by atoms with Gasteiger partial charge in [-0.05, 0) is 25.0 Å². The molecule has 1 aromatic rings. The lowest BCUT2D eigenvalue weighted by Crippen LogP contribution is -2.15. The zero-order chi connectivity index (χ0) is 17.9. The van der Waals surface area contributed by atoms with Crippen LogP contribution in [0.5, 0.6) is 0 Å². The van der Waals surface area contributed by atoms with Crippen LogP contribution >= 0.6 is 0 Å². The number of hydrogen-bond acceptors (Lipinski definition) is 6. The third kappa shape index (κ3) is 6.91. The summed E-state index contributed by atoms with van der Waals surface area (Å²) in [6.07, 6.45) is 2.22. The molecular formula is C16H18O8. The second-order valence-corrected chi connectivity index (χ2v) is 4.80. The van der Waals surface area contributed by atoms with Crippen molar-refractivity contribution in [1.82, 2.24) is 0 Å². The van der Waals surface area contributed by atoms with Crippen LogP contribution in [0.2, 0.25) is 0 Å². The molecule has 0 atom stereocenters. The predicted octanol–water partition coefficient (Wildman–Crippen LogP) is 1.73. The summed E-state index contributed by atoms with van der Waals surface area (Å²) in [7, 11) is 0. The highest BCUT2D eigenvalue weighted by molar-refractivity contribution is 6.01. The molecular weight excluding hydrogens is 320 g/mol. The van der Waals surface area contributed by atoms with E-state index in [4.69, 9.17) is 19.7 Å². The van der Waals surface area contributed by atoms with Crippen molar-refractivity contribution in [2.24, 2.45) is 0 Å². The van der Waals surface area contributed by atoms with E-state index in [1.165, 1.54) is 24.3 Å². The first kappa shape index (κ1) is 19.1. The fourth-order valence-corrected chi connectivity index (χ4v) is 1.85. The third-order valence-corrected chi connectivity index (χ3v) is 3.01. The Labute approximate surface area is 138 Å². The lowest BCUT2D eigenvalue weighted by atomic mass is 10.1. The van der Waals surface area contributed by atoms with Gasteiger partial charge in [-0.25, -0.2) is 9.59 Å². The minimum Gasteiger partial charge on any atom is -0.478 e. The molecule has 1 saturated heterocycles. The Bertz CT molecular complexity index is 539. The van der Waals surface area contributed by atoms with Crippen molar-refractivity contribution in [3.8, 4) is 0 Å². The van der Waals surface area contributed by atoms with E-state index in [1.54, 1.807) is 0 Å². The minimum absolute atomic E-state index is 0.185. The van der Waals surface area contributed by atoms with Gasteiger partial charge in [0, 0.05) is 12.8 Å². The van der Waals surface area contributed by atoms with Gasteiger partial charge in [0.1, 0.15) is 13.2 Å². The first-order chi connectivity index (χ1) is 11.4. The number of carboxylic acids is 2. The van der Waals surface area contributed by atoms with E-state index in [1.807, 2.05) is 0 Å². The van der Waals surface area contributed by atoms with E-state index in [2.05, 4.69) is 0 Å². The Morgan fingerprint density at radius 1 is 0.792 bits per heavy atom. The highest BCUT2D eigenvalue weighted by Gasteiger charge is 2.13. The molecule has 1 fully saturated rings. The summed E-state index contributed by atoms with van der Waals surface area (Å²) in [5.74, 6) is -2.86. The van der Waals surface area contributed by atoms with Gasteiger partial charge in [-0.3, -0.25) is 9.59 Å². The fourth-order valence-electron chi connectivity index (χ4n) is 1.85. The summed E-state index contributed by atoms with van der Waals surface area (Å²) >= 11 is 0. The summed E-state index contributed by atoms with van der Waals surface area (Å²) in [6.45, 7) is 0.370. The van der Waals surface area contributed by atoms with E-state index in [0.29, 0.717) is 25.7 Å². The average Bonchev–Trinajstić information content (AvgIpc) is 2.56. The molecule has 8 heteroatoms. The van der Waals surface area contributed by atoms with E-state index in [-0.39, 0.29) is 36.3 Å². The largest absolute Gasteiger partial charge is 0.478 e. The SMILES string of the molecule is O=C(O)c1ccccc1C(=O)O.O=C1CCCCC(=O)OCCO1. The molecule has 0 unspecified atom stereocenters. The van der Waals surface area contributed by atoms with E-state index in [0.717, 1.165) is 0 Å². The smallest absolute Gasteiger partial charge is 0.336 e. The fraction of sp³-hybridized carbons (Fsp3) is 0.375. The number of benzene rings is 1. The zero-order valence-electron chi connectivity index (χ0n) is 12.9. The topological polar surface area (TPSA) is 127 Å². The van der Waals surface area contributed by atoms with Crippen LogP contribution in [-0.4, -0.2) is 47.3 Å². The monoisotopic (exact) mass is 338 g/mol. The van der Waals surface area contributed by atoms with Crippen molar-refractivity contribution in [1.29, 1.82) is 0 Å². The van der Waals surface area contributed by atoms with Crippen LogP contribution in [0.25, 0.3) is 0 Å². The van der Waals surface area contributed by atoms with Gasteiger partial charge in [0.2, 0.25) is 0 Å². The summed E-state index contributed by atoms with van der Waals surface area (Å²) in [5.41, 5.74) is -0.380. The van der Waals surface area contributed by atoms with Crippen LogP contribution < -0.4 is 0 Å². The van der Waals surface area contributed by atoms with Crippen molar-refractivity contribution < 1.29 is 38.9 Å². The molecule has 0 amide bonds. The number of carbonyl (C=O) groups excluding carboxylic acids is 2. The molecule has 8 nitrogen and oxygen atoms in total. The third-order valence-electron chi connectivity index (χ3n) is 3.01. The van der Waals surface area contributed by atoms with Gasteiger partial charge in [-0.15, -0.1) is 0 Å². The van der Waals surface area contributed by atoms with Gasteiger partial charge in [-0.1, -0.05) is 12.1 Å². The maximum absolute atomic E-state index is 10.8. The first-order valence-corrected chi connectivity index (χ1v) is 7.28. The molecule has 1 aliphatic heterocycles. The summed E-state index contributed by atoms with van der Waals surface area (Å²) < 4.78 is 9.50. The number of cyclic esters (lactones) is 2. The molecule has 0 saturated carbocycles. The van der Waals surface area contributed by atoms with E-state index < -0.39 is 11.9 Å². The van der Waals surface area contributed by atoms with Crippen LogP contribution in [0.4, 0.5) is 0 Å². The summed E-state index contributed by atoms with van der Waals surface area (Å²) in [5, 5.41) is 17.1. The number of ether oxygens (including phenoxy) is 2. The minimum atomic E-state index is -1.23. The molecule has 0 aromatic heterocycles. The number of carbonyl (C=O) groups is 4. The second-order valence-electron chi connectivity index (χ2n) is 4.80. The number of rotatable bonds is 2. The molecule has 130 valence electrons. The lowest BCUT2D eigenvalue weighted by molar-refractivity contribution is -0.153. The molecule has 0 spiro atoms. The molecule has 2 rings (SSSR count). The average molecular weight is 338 g/mol. The van der Waals surface area contributed by atoms with Crippen molar-refractivity contribution in [3.63, 3.8) is 0 Å². The number of esters is 2. The Kier molecular flexibility index (Phi) is 7.97. The zero-order valence-corrected chi connectivity index (χ0v) is 12.9. The van der Waals surface area contributed by atoms with Gasteiger partial charge in [-0.2, -0.15) is 0 Å². The summed E-state index contributed by atoms with van der Waals surface area (Å²) in [6, 6.07) is 5.48. The van der Waals surface area contributed by atoms with Gasteiger partial charge < -0.3 is 19.7 Å². The molecule has 1 aromatic carbocycles. The van der Waals surface area contributed by atoms with Crippen LogP contribution in [0.1, 0.15) is 46.4 Å². The Morgan fingerprint density at radius 3 is 1.50 bits per heavy atom. The Hall–Kier alpha value is -2.90. The number of hydrogen-bond donors (Lipinski definition) is 2. The first-order valence-electron chi connectivity index (χ1n) is 7.28. The van der Waals surface area contributed by atoms with Crippen molar-refractivity contribution in [2.45, 2.75) is 25.7 Å². The van der Waals surface area contributed by atoms with Crippen LogP contribution in [0, 0.1) is 0 Å². The van der Waals surface area contributed by atoms with Gasteiger partial charge in [0.15, 0.2) is 0 Å². The Morgan fingerprint density at radius 2 is 1.17 bits per heavy atom. The number of carboxylic acid groups (broad SMARTS) is 2. The van der Waals surface area contributed by atoms with Crippen molar-refractivity contribution >= 4 is 23.9 Å². The Balaban J connectivity index is 0.000000240. The normalized spacial score (nSPS) is 15.2. The molecule has 1 heterocycles. The van der Waals surface area contributed by atoms with Crippen molar-refractivity contribution in [2.75, 3.05) is 13.2 Å². The maximum atomic E-state index is 10.8. The quantitative estimate of drug-likeness (QED) is 0.780. The molecule has 24 heavy (non-hydrogen) atoms. The molecule has 1 aliphatic rings. The van der Waals surface area contributed by atoms with Gasteiger partial charge in [0.25, 0.3) is 0 Å². The highest BCUT2D eigenvalue weighted by atomic mass is 16.6. The van der Waals surface area contributed by atoms with Crippen LogP contribution in [0.15, 0.2) is 24.3 Å². The van der Waals surface area contributed by atoms with Crippen LogP contribution in [0.3, 0.4) is 0 Å².